The quantitative estimate of drug-likeness (QED) is 0.800. The number of rotatable bonds is 6. The molecule has 2 rings (SSSR count). The van der Waals surface area contributed by atoms with E-state index < -0.39 is 0 Å². The van der Waals surface area contributed by atoms with Crippen LogP contribution in [-0.2, 0) is 11.2 Å². The Morgan fingerprint density at radius 2 is 1.89 bits per heavy atom. The molecular formula is C16H24O2S. The lowest BCUT2D eigenvalue weighted by Gasteiger charge is -2.35. The van der Waals surface area contributed by atoms with Gasteiger partial charge >= 0.3 is 0 Å². The Kier molecular flexibility index (Phi) is 5.59. The van der Waals surface area contributed by atoms with Gasteiger partial charge in [-0.2, -0.15) is 12.6 Å². The van der Waals surface area contributed by atoms with Crippen LogP contribution in [0.3, 0.4) is 0 Å². The van der Waals surface area contributed by atoms with E-state index in [9.17, 15) is 0 Å². The number of aryl methyl sites for hydroxylation is 1. The van der Waals surface area contributed by atoms with Crippen molar-refractivity contribution in [2.75, 3.05) is 25.6 Å². The first kappa shape index (κ1) is 14.7. The molecule has 1 aromatic rings. The van der Waals surface area contributed by atoms with E-state index >= 15 is 0 Å². The lowest BCUT2D eigenvalue weighted by molar-refractivity contribution is 0.00311. The first-order valence-corrected chi connectivity index (χ1v) is 7.82. The molecule has 1 heterocycles. The first-order valence-electron chi connectivity index (χ1n) is 7.18. The van der Waals surface area contributed by atoms with E-state index in [-0.39, 0.29) is 5.41 Å². The van der Waals surface area contributed by atoms with Crippen molar-refractivity contribution in [3.8, 4) is 5.75 Å². The summed E-state index contributed by atoms with van der Waals surface area (Å²) < 4.78 is 11.4. The topological polar surface area (TPSA) is 18.5 Å². The summed E-state index contributed by atoms with van der Waals surface area (Å²) in [5.41, 5.74) is 1.56. The maximum Gasteiger partial charge on any atom is 0.119 e. The molecule has 0 atom stereocenters. The van der Waals surface area contributed by atoms with Crippen molar-refractivity contribution >= 4 is 12.6 Å². The highest BCUT2D eigenvalue weighted by molar-refractivity contribution is 7.80. The Bertz CT molecular complexity index is 369. The lowest BCUT2D eigenvalue weighted by atomic mass is 9.83. The van der Waals surface area contributed by atoms with Gasteiger partial charge in [0.2, 0.25) is 0 Å². The number of benzene rings is 1. The predicted molar refractivity (Wildman–Crippen MR) is 82.3 cm³/mol. The van der Waals surface area contributed by atoms with E-state index in [1.807, 2.05) is 0 Å². The van der Waals surface area contributed by atoms with Crippen LogP contribution in [0.5, 0.6) is 5.75 Å². The molecule has 0 amide bonds. The lowest BCUT2D eigenvalue weighted by Crippen LogP contribution is -2.36. The summed E-state index contributed by atoms with van der Waals surface area (Å²) in [7, 11) is 0. The normalized spacial score (nSPS) is 18.2. The molecule has 2 nitrogen and oxygen atoms in total. The molecule has 0 saturated carbocycles. The molecule has 0 bridgehead atoms. The molecule has 1 aliphatic rings. The fourth-order valence-corrected chi connectivity index (χ4v) is 2.84. The Morgan fingerprint density at radius 3 is 2.47 bits per heavy atom. The van der Waals surface area contributed by atoms with Gasteiger partial charge in [-0.3, -0.25) is 0 Å². The predicted octanol–water partition coefficient (Wildman–Crippen LogP) is 3.74. The highest BCUT2D eigenvalue weighted by Gasteiger charge is 2.32. The van der Waals surface area contributed by atoms with Crippen molar-refractivity contribution in [2.45, 2.75) is 32.6 Å². The van der Waals surface area contributed by atoms with Gasteiger partial charge in [-0.05, 0) is 42.7 Å². The fraction of sp³-hybridized carbons (Fsp3) is 0.625. The third-order valence-corrected chi connectivity index (χ3v) is 4.57. The van der Waals surface area contributed by atoms with E-state index in [0.717, 1.165) is 50.6 Å². The largest absolute Gasteiger partial charge is 0.493 e. The smallest absolute Gasteiger partial charge is 0.119 e. The van der Waals surface area contributed by atoms with Crippen molar-refractivity contribution in [3.63, 3.8) is 0 Å². The summed E-state index contributed by atoms with van der Waals surface area (Å²) >= 11 is 4.50. The minimum atomic E-state index is 0.184. The Labute approximate surface area is 121 Å². The average molecular weight is 280 g/mol. The van der Waals surface area contributed by atoms with Crippen LogP contribution in [0.25, 0.3) is 0 Å². The van der Waals surface area contributed by atoms with Crippen molar-refractivity contribution in [1.29, 1.82) is 0 Å². The van der Waals surface area contributed by atoms with Crippen LogP contribution < -0.4 is 4.74 Å². The molecule has 0 aliphatic carbocycles. The second kappa shape index (κ2) is 7.20. The SMILES string of the molecule is CCCc1ccc(OCC2(CS)CCOCC2)cc1. The second-order valence-corrected chi connectivity index (χ2v) is 5.77. The molecule has 3 heteroatoms. The fourth-order valence-electron chi connectivity index (χ4n) is 2.43. The molecule has 1 fully saturated rings. The average Bonchev–Trinajstić information content (AvgIpc) is 2.48. The highest BCUT2D eigenvalue weighted by Crippen LogP contribution is 2.32. The van der Waals surface area contributed by atoms with Crippen molar-refractivity contribution < 1.29 is 9.47 Å². The molecule has 106 valence electrons. The van der Waals surface area contributed by atoms with Gasteiger partial charge in [0.05, 0.1) is 6.61 Å². The number of hydrogen-bond acceptors (Lipinski definition) is 3. The van der Waals surface area contributed by atoms with Crippen molar-refractivity contribution in [3.05, 3.63) is 29.8 Å². The maximum absolute atomic E-state index is 5.97. The second-order valence-electron chi connectivity index (χ2n) is 5.45. The summed E-state index contributed by atoms with van der Waals surface area (Å²) in [4.78, 5) is 0. The van der Waals surface area contributed by atoms with Gasteiger partial charge in [-0.25, -0.2) is 0 Å². The summed E-state index contributed by atoms with van der Waals surface area (Å²) in [5, 5.41) is 0. The van der Waals surface area contributed by atoms with E-state index in [2.05, 4.69) is 43.8 Å². The number of thiol groups is 1. The third-order valence-electron chi connectivity index (χ3n) is 3.90. The number of hydrogen-bond donors (Lipinski definition) is 1. The van der Waals surface area contributed by atoms with Gasteiger partial charge < -0.3 is 9.47 Å². The van der Waals surface area contributed by atoms with E-state index in [0.29, 0.717) is 0 Å². The summed E-state index contributed by atoms with van der Waals surface area (Å²) in [6.07, 6.45) is 4.41. The van der Waals surface area contributed by atoms with Crippen LogP contribution >= 0.6 is 12.6 Å². The van der Waals surface area contributed by atoms with Gasteiger partial charge in [-0.15, -0.1) is 0 Å². The van der Waals surface area contributed by atoms with Crippen LogP contribution in [0, 0.1) is 5.41 Å². The van der Waals surface area contributed by atoms with Crippen LogP contribution in [0.15, 0.2) is 24.3 Å². The molecule has 1 aliphatic heterocycles. The van der Waals surface area contributed by atoms with E-state index in [1.54, 1.807) is 0 Å². The van der Waals surface area contributed by atoms with E-state index in [4.69, 9.17) is 9.47 Å². The van der Waals surface area contributed by atoms with Gasteiger partial charge in [-0.1, -0.05) is 25.5 Å². The molecule has 1 saturated heterocycles. The monoisotopic (exact) mass is 280 g/mol. The zero-order valence-corrected chi connectivity index (χ0v) is 12.6. The van der Waals surface area contributed by atoms with Crippen molar-refractivity contribution in [2.24, 2.45) is 5.41 Å². The highest BCUT2D eigenvalue weighted by atomic mass is 32.1. The molecule has 0 unspecified atom stereocenters. The van der Waals surface area contributed by atoms with Crippen LogP contribution in [-0.4, -0.2) is 25.6 Å². The van der Waals surface area contributed by atoms with Crippen LogP contribution in [0.4, 0.5) is 0 Å². The van der Waals surface area contributed by atoms with Crippen LogP contribution in [0.1, 0.15) is 31.7 Å². The zero-order chi connectivity index (χ0) is 13.6. The molecule has 0 radical (unpaired) electrons. The van der Waals surface area contributed by atoms with E-state index in [1.165, 1.54) is 12.0 Å². The summed E-state index contributed by atoms with van der Waals surface area (Å²) in [5.74, 6) is 1.83. The minimum Gasteiger partial charge on any atom is -0.493 e. The zero-order valence-electron chi connectivity index (χ0n) is 11.7. The Balaban J connectivity index is 1.89. The standard InChI is InChI=1S/C16H24O2S/c1-2-3-14-4-6-15(7-5-14)18-12-16(13-19)8-10-17-11-9-16/h4-7,19H,2-3,8-13H2,1H3. The molecule has 0 N–H and O–H groups in total. The summed E-state index contributed by atoms with van der Waals surface area (Å²) in [6, 6.07) is 8.49. The Morgan fingerprint density at radius 1 is 1.21 bits per heavy atom. The molecule has 19 heavy (non-hydrogen) atoms. The third kappa shape index (κ3) is 4.15. The van der Waals surface area contributed by atoms with Crippen LogP contribution in [0.2, 0.25) is 0 Å². The molecular weight excluding hydrogens is 256 g/mol. The van der Waals surface area contributed by atoms with Gasteiger partial charge in [0, 0.05) is 18.6 Å². The van der Waals surface area contributed by atoms with Crippen molar-refractivity contribution in [1.82, 2.24) is 0 Å². The molecule has 1 aromatic carbocycles. The van der Waals surface area contributed by atoms with Gasteiger partial charge in [0.25, 0.3) is 0 Å². The summed E-state index contributed by atoms with van der Waals surface area (Å²) in [6.45, 7) is 4.61. The van der Waals surface area contributed by atoms with Gasteiger partial charge in [0.15, 0.2) is 0 Å². The first-order chi connectivity index (χ1) is 9.28. The number of ether oxygens (including phenoxy) is 2. The van der Waals surface area contributed by atoms with Gasteiger partial charge in [0.1, 0.15) is 5.75 Å². The Hall–Kier alpha value is -0.670. The minimum absolute atomic E-state index is 0.184. The molecule has 0 spiro atoms. The molecule has 0 aromatic heterocycles. The maximum atomic E-state index is 5.97.